The minimum Gasteiger partial charge on any atom is -0.350 e. The summed E-state index contributed by atoms with van der Waals surface area (Å²) in [5.74, 6) is 0.0685. The Hall–Kier alpha value is -2.47. The van der Waals surface area contributed by atoms with E-state index in [1.165, 1.54) is 11.3 Å². The highest BCUT2D eigenvalue weighted by Crippen LogP contribution is 2.52. The molecule has 2 bridgehead atoms. The van der Waals surface area contributed by atoms with Crippen LogP contribution in [0.25, 0.3) is 6.08 Å². The lowest BCUT2D eigenvalue weighted by Crippen LogP contribution is -2.49. The third kappa shape index (κ3) is 3.37. The molecule has 2 fully saturated rings. The van der Waals surface area contributed by atoms with Gasteiger partial charge in [0.15, 0.2) is 0 Å². The summed E-state index contributed by atoms with van der Waals surface area (Å²) in [5, 5.41) is 5.02. The highest BCUT2D eigenvalue weighted by atomic mass is 32.1. The molecule has 1 aromatic heterocycles. The van der Waals surface area contributed by atoms with Crippen LogP contribution < -0.4 is 5.32 Å². The molecule has 28 heavy (non-hydrogen) atoms. The van der Waals surface area contributed by atoms with Crippen molar-refractivity contribution in [1.29, 1.82) is 0 Å². The number of aromatic nitrogens is 1. The van der Waals surface area contributed by atoms with Gasteiger partial charge in [-0.25, -0.2) is 4.98 Å². The minimum atomic E-state index is -0.491. The molecular formula is C22H25N3O2S. The maximum Gasteiger partial charge on any atom is 0.247 e. The summed E-state index contributed by atoms with van der Waals surface area (Å²) in [6.45, 7) is 2.51. The molecule has 3 heterocycles. The van der Waals surface area contributed by atoms with E-state index in [4.69, 9.17) is 0 Å². The van der Waals surface area contributed by atoms with E-state index in [1.54, 1.807) is 11.6 Å². The van der Waals surface area contributed by atoms with Gasteiger partial charge in [0.1, 0.15) is 0 Å². The number of carbonyl (C=O) groups is 2. The smallest absolute Gasteiger partial charge is 0.247 e. The zero-order chi connectivity index (χ0) is 19.6. The van der Waals surface area contributed by atoms with Crippen molar-refractivity contribution >= 4 is 29.2 Å². The molecule has 2 aliphatic heterocycles. The average molecular weight is 396 g/mol. The van der Waals surface area contributed by atoms with E-state index >= 15 is 0 Å². The Morgan fingerprint density at radius 2 is 2.14 bits per heavy atom. The van der Waals surface area contributed by atoms with Crippen LogP contribution in [-0.2, 0) is 16.1 Å². The topological polar surface area (TPSA) is 62.3 Å². The van der Waals surface area contributed by atoms with Crippen molar-refractivity contribution in [2.75, 3.05) is 0 Å². The van der Waals surface area contributed by atoms with E-state index in [9.17, 15) is 9.59 Å². The number of nitrogens with one attached hydrogen (secondary N) is 1. The molecule has 2 amide bonds. The van der Waals surface area contributed by atoms with Crippen molar-refractivity contribution in [2.24, 2.45) is 5.41 Å². The molecular weight excluding hydrogens is 370 g/mol. The Bertz CT molecular complexity index is 865. The lowest BCUT2D eigenvalue weighted by molar-refractivity contribution is -0.135. The van der Waals surface area contributed by atoms with Crippen LogP contribution in [0.3, 0.4) is 0 Å². The average Bonchev–Trinajstić information content (AvgIpc) is 3.46. The Morgan fingerprint density at radius 1 is 1.32 bits per heavy atom. The van der Waals surface area contributed by atoms with E-state index < -0.39 is 5.41 Å². The van der Waals surface area contributed by atoms with Crippen molar-refractivity contribution < 1.29 is 9.59 Å². The lowest BCUT2D eigenvalue weighted by atomic mass is 9.71. The molecule has 0 aliphatic carbocycles. The Balaban J connectivity index is 1.48. The van der Waals surface area contributed by atoms with Crippen LogP contribution in [0.1, 0.15) is 43.9 Å². The normalized spacial score (nSPS) is 26.1. The van der Waals surface area contributed by atoms with Gasteiger partial charge in [0.25, 0.3) is 0 Å². The summed E-state index contributed by atoms with van der Waals surface area (Å²) >= 11 is 1.53. The van der Waals surface area contributed by atoms with Crippen molar-refractivity contribution in [3.05, 3.63) is 58.6 Å². The second kappa shape index (κ2) is 7.87. The number of thiazole rings is 1. The standard InChI is InChI=1S/C22H25N3O2S/c1-2-22(21(27)23-13-17-14-28-15-24-17)12-18-9-10-19(22)25(18)20(26)11-8-16-6-4-3-5-7-16/h3-8,11,14-15,18-19H,2,9-10,12-13H2,1H3,(H,23,27)/t18-,19+,22+/m0/s1. The van der Waals surface area contributed by atoms with Crippen LogP contribution in [0, 0.1) is 5.41 Å². The van der Waals surface area contributed by atoms with Crippen molar-refractivity contribution in [3.8, 4) is 0 Å². The molecule has 0 spiro atoms. The van der Waals surface area contributed by atoms with E-state index in [0.717, 1.165) is 36.9 Å². The van der Waals surface area contributed by atoms with Crippen LogP contribution in [0.5, 0.6) is 0 Å². The SMILES string of the molecule is CC[C@@]1(C(=O)NCc2cscn2)C[C@@H]2CC[C@H]1N2C(=O)C=Cc1ccccc1. The fourth-order valence-electron chi connectivity index (χ4n) is 4.79. The summed E-state index contributed by atoms with van der Waals surface area (Å²) in [7, 11) is 0. The second-order valence-electron chi connectivity index (χ2n) is 7.61. The summed E-state index contributed by atoms with van der Waals surface area (Å²) in [6.07, 6.45) is 6.88. The van der Waals surface area contributed by atoms with Gasteiger partial charge in [0.05, 0.1) is 23.2 Å². The largest absolute Gasteiger partial charge is 0.350 e. The molecule has 5 nitrogen and oxygen atoms in total. The molecule has 0 saturated carbocycles. The van der Waals surface area contributed by atoms with Crippen LogP contribution in [0.4, 0.5) is 0 Å². The Labute approximate surface area is 169 Å². The molecule has 1 aromatic carbocycles. The van der Waals surface area contributed by atoms with E-state index in [2.05, 4.69) is 17.2 Å². The molecule has 6 heteroatoms. The predicted molar refractivity (Wildman–Crippen MR) is 110 cm³/mol. The molecule has 4 rings (SSSR count). The van der Waals surface area contributed by atoms with Crippen molar-refractivity contribution in [2.45, 2.75) is 51.2 Å². The number of benzene rings is 1. The summed E-state index contributed by atoms with van der Waals surface area (Å²) in [6, 6.07) is 9.96. The molecule has 146 valence electrons. The molecule has 1 N–H and O–H groups in total. The zero-order valence-electron chi connectivity index (χ0n) is 16.0. The molecule has 0 unspecified atom stereocenters. The fourth-order valence-corrected chi connectivity index (χ4v) is 5.35. The van der Waals surface area contributed by atoms with Crippen LogP contribution >= 0.6 is 11.3 Å². The number of nitrogens with zero attached hydrogens (tertiary/aromatic N) is 2. The quantitative estimate of drug-likeness (QED) is 0.760. The van der Waals surface area contributed by atoms with E-state index in [-0.39, 0.29) is 23.9 Å². The van der Waals surface area contributed by atoms with Gasteiger partial charge in [0, 0.05) is 23.5 Å². The van der Waals surface area contributed by atoms with Gasteiger partial charge < -0.3 is 10.2 Å². The highest BCUT2D eigenvalue weighted by Gasteiger charge is 2.59. The first-order valence-corrected chi connectivity index (χ1v) is 10.8. The van der Waals surface area contributed by atoms with E-state index in [1.807, 2.05) is 46.7 Å². The number of carbonyl (C=O) groups excluding carboxylic acids is 2. The monoisotopic (exact) mass is 395 g/mol. The number of hydrogen-bond donors (Lipinski definition) is 1. The fraction of sp³-hybridized carbons (Fsp3) is 0.409. The Kier molecular flexibility index (Phi) is 5.31. The van der Waals surface area contributed by atoms with Crippen molar-refractivity contribution in [1.82, 2.24) is 15.2 Å². The van der Waals surface area contributed by atoms with Gasteiger partial charge in [0.2, 0.25) is 11.8 Å². The number of amides is 2. The second-order valence-corrected chi connectivity index (χ2v) is 8.33. The maximum atomic E-state index is 13.1. The van der Waals surface area contributed by atoms with Crippen LogP contribution in [-0.4, -0.2) is 33.8 Å². The third-order valence-electron chi connectivity index (χ3n) is 6.21. The summed E-state index contributed by atoms with van der Waals surface area (Å²) in [4.78, 5) is 32.3. The maximum absolute atomic E-state index is 13.1. The summed E-state index contributed by atoms with van der Waals surface area (Å²) in [5.41, 5.74) is 3.17. The molecule has 2 saturated heterocycles. The van der Waals surface area contributed by atoms with Gasteiger partial charge in [-0.2, -0.15) is 0 Å². The summed E-state index contributed by atoms with van der Waals surface area (Å²) < 4.78 is 0. The first-order valence-electron chi connectivity index (χ1n) is 9.85. The van der Waals surface area contributed by atoms with Gasteiger partial charge >= 0.3 is 0 Å². The van der Waals surface area contributed by atoms with Gasteiger partial charge in [-0.15, -0.1) is 11.3 Å². The number of fused-ring (bicyclic) bond motifs is 2. The van der Waals surface area contributed by atoms with Crippen molar-refractivity contribution in [3.63, 3.8) is 0 Å². The zero-order valence-corrected chi connectivity index (χ0v) is 16.8. The molecule has 0 radical (unpaired) electrons. The Morgan fingerprint density at radius 3 is 2.86 bits per heavy atom. The first kappa shape index (κ1) is 18.9. The van der Waals surface area contributed by atoms with Gasteiger partial charge in [-0.1, -0.05) is 37.3 Å². The minimum absolute atomic E-state index is 0.0129. The highest BCUT2D eigenvalue weighted by molar-refractivity contribution is 7.07. The number of hydrogen-bond acceptors (Lipinski definition) is 4. The van der Waals surface area contributed by atoms with Gasteiger partial charge in [-0.3, -0.25) is 9.59 Å². The van der Waals surface area contributed by atoms with Crippen LogP contribution in [0.15, 0.2) is 47.3 Å². The molecule has 2 aliphatic rings. The number of rotatable bonds is 6. The van der Waals surface area contributed by atoms with Crippen LogP contribution in [0.2, 0.25) is 0 Å². The van der Waals surface area contributed by atoms with E-state index in [0.29, 0.717) is 6.54 Å². The third-order valence-corrected chi connectivity index (χ3v) is 6.84. The molecule has 3 atom stereocenters. The molecule has 2 aromatic rings. The first-order chi connectivity index (χ1) is 13.6. The predicted octanol–water partition coefficient (Wildman–Crippen LogP) is 3.63. The lowest BCUT2D eigenvalue weighted by Gasteiger charge is -2.35. The van der Waals surface area contributed by atoms with Gasteiger partial charge in [-0.05, 0) is 37.3 Å².